The Bertz CT molecular complexity index is 726. The molecule has 0 radical (unpaired) electrons. The van der Waals surface area contributed by atoms with Gasteiger partial charge in [0, 0.05) is 10.6 Å². The van der Waals surface area contributed by atoms with Crippen molar-refractivity contribution in [3.63, 3.8) is 0 Å². The highest BCUT2D eigenvalue weighted by atomic mass is 35.5. The molecule has 1 aromatic carbocycles. The second kappa shape index (κ2) is 4.98. The largest absolute Gasteiger partial charge is 0.462 e. The zero-order valence-corrected chi connectivity index (χ0v) is 11.3. The van der Waals surface area contributed by atoms with E-state index >= 15 is 0 Å². The smallest absolute Gasteiger partial charge is 0.368 e. The predicted octanol–water partition coefficient (Wildman–Crippen LogP) is 3.59. The molecule has 20 heavy (non-hydrogen) atoms. The molecule has 3 rings (SSSR count). The van der Waals surface area contributed by atoms with Gasteiger partial charge in [-0.1, -0.05) is 28.9 Å². The highest BCUT2D eigenvalue weighted by Gasteiger charge is 2.27. The molecule has 0 fully saturated rings. The lowest BCUT2D eigenvalue weighted by molar-refractivity contribution is -0.136. The minimum atomic E-state index is -0.496. The Morgan fingerprint density at radius 2 is 1.90 bits per heavy atom. The average Bonchev–Trinajstić information content (AvgIpc) is 2.99. The molecule has 0 spiro atoms. The maximum Gasteiger partial charge on any atom is 0.368 e. The number of oxime groups is 1. The molecule has 0 unspecified atom stereocenters. The Labute approximate surface area is 120 Å². The Morgan fingerprint density at radius 3 is 2.55 bits per heavy atom. The zero-order valence-electron chi connectivity index (χ0n) is 10.6. The summed E-state index contributed by atoms with van der Waals surface area (Å²) < 4.78 is 5.44. The number of halogens is 1. The summed E-state index contributed by atoms with van der Waals surface area (Å²) >= 11 is 5.85. The lowest BCUT2D eigenvalue weighted by Gasteiger charge is -1.99. The minimum Gasteiger partial charge on any atom is -0.462 e. The Morgan fingerprint density at radius 1 is 1.15 bits per heavy atom. The van der Waals surface area contributed by atoms with E-state index in [4.69, 9.17) is 20.9 Å². The molecule has 100 valence electrons. The van der Waals surface area contributed by atoms with Gasteiger partial charge in [0.2, 0.25) is 0 Å². The van der Waals surface area contributed by atoms with Gasteiger partial charge in [0.15, 0.2) is 0 Å². The molecule has 5 heteroatoms. The second-order valence-corrected chi connectivity index (χ2v) is 4.77. The molecule has 2 heterocycles. The number of benzene rings is 1. The van der Waals surface area contributed by atoms with Gasteiger partial charge < -0.3 is 9.25 Å². The van der Waals surface area contributed by atoms with Crippen molar-refractivity contribution in [2.45, 2.75) is 6.92 Å². The third-order valence-corrected chi connectivity index (χ3v) is 3.11. The summed E-state index contributed by atoms with van der Waals surface area (Å²) in [6.45, 7) is 1.84. The lowest BCUT2D eigenvalue weighted by atomic mass is 10.0. The van der Waals surface area contributed by atoms with E-state index in [1.807, 2.05) is 13.0 Å². The van der Waals surface area contributed by atoms with Gasteiger partial charge in [-0.2, -0.15) is 0 Å². The van der Waals surface area contributed by atoms with Crippen molar-refractivity contribution in [1.82, 2.24) is 0 Å². The van der Waals surface area contributed by atoms with E-state index in [0.29, 0.717) is 22.1 Å². The molecule has 1 aromatic heterocycles. The molecule has 0 saturated heterocycles. The molecule has 1 aliphatic heterocycles. The summed E-state index contributed by atoms with van der Waals surface area (Å²) in [7, 11) is 0. The fourth-order valence-electron chi connectivity index (χ4n) is 1.90. The van der Waals surface area contributed by atoms with Crippen molar-refractivity contribution in [1.29, 1.82) is 0 Å². The monoisotopic (exact) mass is 287 g/mol. The molecule has 0 aliphatic carbocycles. The molecule has 1 aliphatic rings. The number of nitrogens with zero attached hydrogens (tertiary/aromatic N) is 1. The fraction of sp³-hybridized carbons (Fsp3) is 0.0667. The van der Waals surface area contributed by atoms with Crippen LogP contribution in [0.2, 0.25) is 5.02 Å². The van der Waals surface area contributed by atoms with Crippen LogP contribution in [0.15, 0.2) is 51.5 Å². The topological polar surface area (TPSA) is 51.8 Å². The number of carbonyl (C=O) groups excluding carboxylic acids is 1. The quantitative estimate of drug-likeness (QED) is 0.626. The van der Waals surface area contributed by atoms with Gasteiger partial charge >= 0.3 is 5.97 Å². The van der Waals surface area contributed by atoms with Crippen LogP contribution in [0.1, 0.15) is 17.1 Å². The molecule has 2 aromatic rings. The van der Waals surface area contributed by atoms with Crippen molar-refractivity contribution in [2.75, 3.05) is 0 Å². The van der Waals surface area contributed by atoms with Crippen LogP contribution in [-0.2, 0) is 9.63 Å². The maximum absolute atomic E-state index is 11.8. The normalized spacial score (nSPS) is 16.4. The van der Waals surface area contributed by atoms with Gasteiger partial charge in [0.05, 0.1) is 5.57 Å². The zero-order chi connectivity index (χ0) is 14.1. The standard InChI is InChI=1S/C15H10ClNO3/c1-9-2-7-12(19-9)8-13-14(17-20-15(13)18)10-3-5-11(16)6-4-10/h2-8H,1H3/b13-8-. The van der Waals surface area contributed by atoms with Crippen molar-refractivity contribution in [2.24, 2.45) is 5.16 Å². The van der Waals surface area contributed by atoms with E-state index in [-0.39, 0.29) is 0 Å². The molecule has 0 saturated carbocycles. The maximum atomic E-state index is 11.8. The van der Waals surface area contributed by atoms with E-state index in [1.165, 1.54) is 0 Å². The number of hydrogen-bond acceptors (Lipinski definition) is 4. The second-order valence-electron chi connectivity index (χ2n) is 4.33. The third kappa shape index (κ3) is 2.38. The fourth-order valence-corrected chi connectivity index (χ4v) is 2.02. The van der Waals surface area contributed by atoms with Crippen LogP contribution in [-0.4, -0.2) is 11.7 Å². The van der Waals surface area contributed by atoms with Crippen molar-refractivity contribution >= 4 is 29.4 Å². The molecule has 4 nitrogen and oxygen atoms in total. The number of hydrogen-bond donors (Lipinski definition) is 0. The molecular formula is C15H10ClNO3. The Kier molecular flexibility index (Phi) is 3.16. The van der Waals surface area contributed by atoms with Crippen molar-refractivity contribution in [3.05, 3.63) is 64.1 Å². The van der Waals surface area contributed by atoms with Crippen LogP contribution in [0.3, 0.4) is 0 Å². The van der Waals surface area contributed by atoms with Gasteiger partial charge in [0.1, 0.15) is 17.2 Å². The summed E-state index contributed by atoms with van der Waals surface area (Å²) in [5, 5.41) is 4.43. The lowest BCUT2D eigenvalue weighted by Crippen LogP contribution is -2.06. The summed E-state index contributed by atoms with van der Waals surface area (Å²) in [5.74, 6) is 0.857. The van der Waals surface area contributed by atoms with Crippen LogP contribution in [0.5, 0.6) is 0 Å². The van der Waals surface area contributed by atoms with E-state index in [1.54, 1.807) is 36.4 Å². The number of carbonyl (C=O) groups is 1. The number of furan rings is 1. The van der Waals surface area contributed by atoms with Gasteiger partial charge in [0.25, 0.3) is 0 Å². The Hall–Kier alpha value is -2.33. The van der Waals surface area contributed by atoms with E-state index in [9.17, 15) is 4.79 Å². The van der Waals surface area contributed by atoms with Crippen LogP contribution < -0.4 is 0 Å². The van der Waals surface area contributed by atoms with E-state index in [2.05, 4.69) is 5.16 Å². The summed E-state index contributed by atoms with van der Waals surface area (Å²) in [4.78, 5) is 16.5. The third-order valence-electron chi connectivity index (χ3n) is 2.86. The van der Waals surface area contributed by atoms with Crippen molar-refractivity contribution in [3.8, 4) is 0 Å². The molecule has 0 N–H and O–H groups in total. The SMILES string of the molecule is Cc1ccc(/C=C2\C(=O)ON=C2c2ccc(Cl)cc2)o1. The van der Waals surface area contributed by atoms with E-state index < -0.39 is 5.97 Å². The number of rotatable bonds is 2. The average molecular weight is 288 g/mol. The van der Waals surface area contributed by atoms with Gasteiger partial charge in [-0.15, -0.1) is 0 Å². The highest BCUT2D eigenvalue weighted by molar-refractivity contribution is 6.32. The highest BCUT2D eigenvalue weighted by Crippen LogP contribution is 2.22. The Balaban J connectivity index is 2.00. The van der Waals surface area contributed by atoms with Gasteiger partial charge in [-0.05, 0) is 37.3 Å². The first-order valence-electron chi connectivity index (χ1n) is 5.97. The first kappa shape index (κ1) is 12.7. The predicted molar refractivity (Wildman–Crippen MR) is 75.5 cm³/mol. The van der Waals surface area contributed by atoms with E-state index in [0.717, 1.165) is 11.3 Å². The summed E-state index contributed by atoms with van der Waals surface area (Å²) in [6.07, 6.45) is 1.62. The van der Waals surface area contributed by atoms with Crippen molar-refractivity contribution < 1.29 is 14.0 Å². The summed E-state index contributed by atoms with van der Waals surface area (Å²) in [6, 6.07) is 10.6. The minimum absolute atomic E-state index is 0.363. The van der Waals surface area contributed by atoms with Crippen LogP contribution in [0.4, 0.5) is 0 Å². The van der Waals surface area contributed by atoms with Gasteiger partial charge in [-0.3, -0.25) is 0 Å². The molecule has 0 atom stereocenters. The molecule has 0 bridgehead atoms. The number of aryl methyl sites for hydroxylation is 1. The first-order chi connectivity index (χ1) is 9.63. The molecule has 0 amide bonds. The van der Waals surface area contributed by atoms with Crippen LogP contribution >= 0.6 is 11.6 Å². The van der Waals surface area contributed by atoms with Crippen LogP contribution in [0.25, 0.3) is 6.08 Å². The summed E-state index contributed by atoms with van der Waals surface area (Å²) in [5.41, 5.74) is 1.59. The molecular weight excluding hydrogens is 278 g/mol. The first-order valence-corrected chi connectivity index (χ1v) is 6.35. The van der Waals surface area contributed by atoms with Crippen LogP contribution in [0, 0.1) is 6.92 Å². The van der Waals surface area contributed by atoms with Gasteiger partial charge in [-0.25, -0.2) is 4.79 Å².